The Kier molecular flexibility index (Phi) is 5.00. The molecule has 136 valence electrons. The first kappa shape index (κ1) is 18.2. The first-order valence-corrected chi connectivity index (χ1v) is 9.84. The smallest absolute Gasteiger partial charge is 0.146 e. The van der Waals surface area contributed by atoms with Crippen LogP contribution in [0.25, 0.3) is 21.5 Å². The second-order valence-corrected chi connectivity index (χ2v) is 8.16. The molecule has 4 aromatic rings. The second kappa shape index (κ2) is 7.43. The van der Waals surface area contributed by atoms with Crippen molar-refractivity contribution in [2.75, 3.05) is 0 Å². The monoisotopic (exact) mass is 415 g/mol. The van der Waals surface area contributed by atoms with E-state index in [9.17, 15) is 0 Å². The highest BCUT2D eigenvalue weighted by Gasteiger charge is 2.14. The van der Waals surface area contributed by atoms with Crippen LogP contribution in [0.4, 0.5) is 0 Å². The summed E-state index contributed by atoms with van der Waals surface area (Å²) in [6.07, 6.45) is 5.00. The fourth-order valence-electron chi connectivity index (χ4n) is 2.85. The minimum absolute atomic E-state index is 0.237. The van der Waals surface area contributed by atoms with Gasteiger partial charge in [0.1, 0.15) is 22.9 Å². The van der Waals surface area contributed by atoms with E-state index in [-0.39, 0.29) is 6.61 Å². The third-order valence-corrected chi connectivity index (χ3v) is 5.70. The predicted molar refractivity (Wildman–Crippen MR) is 111 cm³/mol. The Labute approximate surface area is 170 Å². The molecule has 27 heavy (non-hydrogen) atoms. The molecule has 0 spiro atoms. The number of aryl methyl sites for hydroxylation is 2. The molecule has 0 radical (unpaired) electrons. The summed E-state index contributed by atoms with van der Waals surface area (Å²) in [4.78, 5) is 14.4. The molecule has 1 aromatic carbocycles. The van der Waals surface area contributed by atoms with Gasteiger partial charge < -0.3 is 4.74 Å². The largest absolute Gasteiger partial charge is 0.487 e. The van der Waals surface area contributed by atoms with Gasteiger partial charge in [0.05, 0.1) is 10.0 Å². The van der Waals surface area contributed by atoms with E-state index in [1.165, 1.54) is 4.88 Å². The highest BCUT2D eigenvalue weighted by Crippen LogP contribution is 2.35. The first-order valence-electron chi connectivity index (χ1n) is 8.27. The molecule has 0 amide bonds. The van der Waals surface area contributed by atoms with Crippen molar-refractivity contribution in [3.05, 3.63) is 69.0 Å². The number of hydrogen-bond donors (Lipinski definition) is 0. The highest BCUT2D eigenvalue weighted by atomic mass is 35.5. The number of fused-ring (bicyclic) bond motifs is 1. The molecule has 0 N–H and O–H groups in total. The van der Waals surface area contributed by atoms with E-state index < -0.39 is 0 Å². The molecule has 0 fully saturated rings. The van der Waals surface area contributed by atoms with E-state index in [1.54, 1.807) is 23.7 Å². The molecule has 4 rings (SSSR count). The van der Waals surface area contributed by atoms with E-state index in [2.05, 4.69) is 16.0 Å². The van der Waals surface area contributed by atoms with Gasteiger partial charge in [0.2, 0.25) is 0 Å². The van der Waals surface area contributed by atoms with Gasteiger partial charge >= 0.3 is 0 Å². The van der Waals surface area contributed by atoms with Gasteiger partial charge in [0.15, 0.2) is 0 Å². The van der Waals surface area contributed by atoms with Crippen LogP contribution in [0.5, 0.6) is 5.75 Å². The van der Waals surface area contributed by atoms with Crippen LogP contribution in [0.2, 0.25) is 10.0 Å². The fourth-order valence-corrected chi connectivity index (χ4v) is 4.12. The van der Waals surface area contributed by atoms with E-state index >= 15 is 0 Å². The number of hydrogen-bond acceptors (Lipinski definition) is 5. The van der Waals surface area contributed by atoms with Crippen molar-refractivity contribution in [3.8, 4) is 16.3 Å². The molecule has 0 aliphatic rings. The number of nitrogens with zero attached hydrogens (tertiary/aromatic N) is 3. The molecule has 0 saturated carbocycles. The van der Waals surface area contributed by atoms with Gasteiger partial charge in [-0.25, -0.2) is 9.97 Å². The molecule has 0 bridgehead atoms. The number of aromatic nitrogens is 3. The summed E-state index contributed by atoms with van der Waals surface area (Å²) in [6, 6.07) is 7.94. The van der Waals surface area contributed by atoms with Crippen molar-refractivity contribution in [1.82, 2.24) is 15.0 Å². The maximum absolute atomic E-state index is 6.20. The lowest BCUT2D eigenvalue weighted by atomic mass is 10.1. The normalized spacial score (nSPS) is 11.1. The fraction of sp³-hybridized carbons (Fsp3) is 0.150. The van der Waals surface area contributed by atoms with Crippen LogP contribution in [0, 0.1) is 13.8 Å². The summed E-state index contributed by atoms with van der Waals surface area (Å²) in [5.74, 6) is 0.676. The minimum atomic E-state index is 0.237. The van der Waals surface area contributed by atoms with Crippen LogP contribution in [0.1, 0.15) is 16.1 Å². The van der Waals surface area contributed by atoms with E-state index in [4.69, 9.17) is 32.9 Å². The Bertz CT molecular complexity index is 1120. The summed E-state index contributed by atoms with van der Waals surface area (Å²) >= 11 is 14.1. The zero-order valence-corrected chi connectivity index (χ0v) is 17.0. The predicted octanol–water partition coefficient (Wildman–Crippen LogP) is 6.26. The summed E-state index contributed by atoms with van der Waals surface area (Å²) in [6.45, 7) is 4.26. The van der Waals surface area contributed by atoms with Crippen molar-refractivity contribution in [1.29, 1.82) is 0 Å². The Morgan fingerprint density at radius 2 is 1.85 bits per heavy atom. The summed E-state index contributed by atoms with van der Waals surface area (Å²) < 4.78 is 6.04. The van der Waals surface area contributed by atoms with Crippen LogP contribution in [0.15, 0.2) is 42.9 Å². The number of thiazole rings is 1. The molecule has 4 nitrogen and oxygen atoms in total. The van der Waals surface area contributed by atoms with E-state index in [1.807, 2.05) is 38.2 Å². The van der Waals surface area contributed by atoms with Crippen molar-refractivity contribution in [2.45, 2.75) is 20.5 Å². The zero-order chi connectivity index (χ0) is 19.0. The standard InChI is InChI=1S/C20H15Cl2N3OS/c1-11-6-14(20-24-7-12(2)27-20)13-4-3-5-18(19(13)25-11)26-10-15-16(21)8-23-9-17(15)22/h3-9H,10H2,1-2H3. The van der Waals surface area contributed by atoms with Crippen LogP contribution >= 0.6 is 34.5 Å². The lowest BCUT2D eigenvalue weighted by Gasteiger charge is -2.13. The van der Waals surface area contributed by atoms with Gasteiger partial charge in [-0.15, -0.1) is 11.3 Å². The number of ether oxygens (including phenoxy) is 1. The average Bonchev–Trinajstić information content (AvgIpc) is 3.07. The topological polar surface area (TPSA) is 47.9 Å². The van der Waals surface area contributed by atoms with Crippen molar-refractivity contribution in [2.24, 2.45) is 0 Å². The maximum atomic E-state index is 6.20. The molecule has 0 aliphatic carbocycles. The van der Waals surface area contributed by atoms with Gasteiger partial charge in [0.25, 0.3) is 0 Å². The summed E-state index contributed by atoms with van der Waals surface area (Å²) in [5, 5.41) is 2.93. The Hall–Kier alpha value is -2.21. The van der Waals surface area contributed by atoms with Crippen LogP contribution in [-0.4, -0.2) is 15.0 Å². The third kappa shape index (κ3) is 3.63. The molecule has 0 atom stereocenters. The van der Waals surface area contributed by atoms with Gasteiger partial charge in [-0.05, 0) is 26.0 Å². The molecule has 0 aliphatic heterocycles. The lowest BCUT2D eigenvalue weighted by Crippen LogP contribution is -2.00. The van der Waals surface area contributed by atoms with Crippen LogP contribution in [0.3, 0.4) is 0 Å². The quantitative estimate of drug-likeness (QED) is 0.394. The molecule has 7 heteroatoms. The van der Waals surface area contributed by atoms with E-state index in [0.29, 0.717) is 21.4 Å². The number of pyridine rings is 2. The third-order valence-electron chi connectivity index (χ3n) is 4.11. The Morgan fingerprint density at radius 1 is 1.07 bits per heavy atom. The average molecular weight is 416 g/mol. The number of halogens is 2. The maximum Gasteiger partial charge on any atom is 0.146 e. The summed E-state index contributed by atoms with van der Waals surface area (Å²) in [5.41, 5.74) is 3.46. The molecule has 0 unspecified atom stereocenters. The van der Waals surface area contributed by atoms with Gasteiger partial charge in [-0.2, -0.15) is 0 Å². The first-order chi connectivity index (χ1) is 13.0. The lowest BCUT2D eigenvalue weighted by molar-refractivity contribution is 0.309. The number of rotatable bonds is 4. The minimum Gasteiger partial charge on any atom is -0.487 e. The Morgan fingerprint density at radius 3 is 2.56 bits per heavy atom. The van der Waals surface area contributed by atoms with Crippen molar-refractivity contribution >= 4 is 45.4 Å². The van der Waals surface area contributed by atoms with Gasteiger partial charge in [0, 0.05) is 45.7 Å². The molecular formula is C20H15Cl2N3OS. The van der Waals surface area contributed by atoms with Crippen LogP contribution in [-0.2, 0) is 6.61 Å². The summed E-state index contributed by atoms with van der Waals surface area (Å²) in [7, 11) is 0. The molecular weight excluding hydrogens is 401 g/mol. The second-order valence-electron chi connectivity index (χ2n) is 6.11. The number of para-hydroxylation sites is 1. The SMILES string of the molecule is Cc1cc(-c2ncc(C)s2)c2cccc(OCc3c(Cl)cncc3Cl)c2n1. The van der Waals surface area contributed by atoms with Gasteiger partial charge in [-0.1, -0.05) is 35.3 Å². The zero-order valence-electron chi connectivity index (χ0n) is 14.7. The molecule has 3 heterocycles. The van der Waals surface area contributed by atoms with Gasteiger partial charge in [-0.3, -0.25) is 4.98 Å². The molecule has 0 saturated heterocycles. The highest BCUT2D eigenvalue weighted by molar-refractivity contribution is 7.15. The van der Waals surface area contributed by atoms with E-state index in [0.717, 1.165) is 27.2 Å². The van der Waals surface area contributed by atoms with Crippen LogP contribution < -0.4 is 4.74 Å². The molecule has 3 aromatic heterocycles. The van der Waals surface area contributed by atoms with Crippen molar-refractivity contribution in [3.63, 3.8) is 0 Å². The number of benzene rings is 1. The van der Waals surface area contributed by atoms with Crippen molar-refractivity contribution < 1.29 is 4.74 Å². The Balaban J connectivity index is 1.77.